The zero-order chi connectivity index (χ0) is 14.3. The molecule has 6 nitrogen and oxygen atoms in total. The lowest BCUT2D eigenvalue weighted by Gasteiger charge is -2.30. The van der Waals surface area contributed by atoms with E-state index in [1.165, 1.54) is 4.90 Å². The number of nitrogens with zero attached hydrogens (tertiary/aromatic N) is 1. The Labute approximate surface area is 113 Å². The first-order valence-corrected chi connectivity index (χ1v) is 6.68. The molecule has 1 aliphatic heterocycles. The quantitative estimate of drug-likeness (QED) is 0.706. The van der Waals surface area contributed by atoms with Gasteiger partial charge in [-0.3, -0.25) is 9.59 Å². The lowest BCUT2D eigenvalue weighted by Crippen LogP contribution is -2.44. The van der Waals surface area contributed by atoms with Crippen molar-refractivity contribution in [2.45, 2.75) is 33.1 Å². The molecule has 0 saturated carbocycles. The molecule has 0 radical (unpaired) electrons. The first kappa shape index (κ1) is 15.5. The largest absolute Gasteiger partial charge is 0.466 e. The van der Waals surface area contributed by atoms with E-state index >= 15 is 0 Å². The maximum Gasteiger partial charge on any atom is 0.409 e. The van der Waals surface area contributed by atoms with Gasteiger partial charge >= 0.3 is 12.1 Å². The Morgan fingerprint density at radius 3 is 2.58 bits per heavy atom. The Hall–Kier alpha value is -1.59. The molecule has 0 N–H and O–H groups in total. The summed E-state index contributed by atoms with van der Waals surface area (Å²) in [6, 6.07) is 0. The van der Waals surface area contributed by atoms with Crippen LogP contribution in [-0.2, 0) is 19.1 Å². The normalized spacial score (nSPS) is 19.2. The molecule has 6 heteroatoms. The van der Waals surface area contributed by atoms with Crippen molar-refractivity contribution in [1.82, 2.24) is 4.90 Å². The van der Waals surface area contributed by atoms with Crippen molar-refractivity contribution >= 4 is 17.8 Å². The van der Waals surface area contributed by atoms with Crippen molar-refractivity contribution in [3.05, 3.63) is 0 Å². The van der Waals surface area contributed by atoms with Crippen molar-refractivity contribution < 1.29 is 23.9 Å². The van der Waals surface area contributed by atoms with Gasteiger partial charge in [-0.1, -0.05) is 0 Å². The number of carbonyl (C=O) groups excluding carboxylic acids is 3. The number of rotatable bonds is 5. The second-order valence-electron chi connectivity index (χ2n) is 4.40. The van der Waals surface area contributed by atoms with Crippen molar-refractivity contribution in [2.24, 2.45) is 5.92 Å². The van der Waals surface area contributed by atoms with Gasteiger partial charge in [0.2, 0.25) is 0 Å². The van der Waals surface area contributed by atoms with Crippen LogP contribution in [0.1, 0.15) is 33.1 Å². The molecule has 0 aliphatic carbocycles. The van der Waals surface area contributed by atoms with Gasteiger partial charge < -0.3 is 14.4 Å². The number of carbonyl (C=O) groups is 3. The maximum atomic E-state index is 11.8. The monoisotopic (exact) mass is 271 g/mol. The molecule has 0 aromatic rings. The Morgan fingerprint density at radius 1 is 1.26 bits per heavy atom. The molecule has 0 aromatic carbocycles. The number of esters is 1. The van der Waals surface area contributed by atoms with Crippen LogP contribution in [0.5, 0.6) is 0 Å². The molecule has 0 spiro atoms. The highest BCUT2D eigenvalue weighted by Gasteiger charge is 2.30. The van der Waals surface area contributed by atoms with Crippen LogP contribution in [0.25, 0.3) is 0 Å². The number of hydrogen-bond donors (Lipinski definition) is 0. The molecular formula is C13H21NO5. The molecule has 1 heterocycles. The van der Waals surface area contributed by atoms with Gasteiger partial charge in [-0.25, -0.2) is 4.79 Å². The summed E-state index contributed by atoms with van der Waals surface area (Å²) in [5.74, 6) is -0.490. The van der Waals surface area contributed by atoms with Crippen molar-refractivity contribution in [3.63, 3.8) is 0 Å². The molecule has 1 atom stereocenters. The van der Waals surface area contributed by atoms with E-state index in [0.717, 1.165) is 0 Å². The molecule has 1 fully saturated rings. The number of amides is 1. The topological polar surface area (TPSA) is 72.9 Å². The zero-order valence-electron chi connectivity index (χ0n) is 11.5. The van der Waals surface area contributed by atoms with Gasteiger partial charge in [-0.2, -0.15) is 0 Å². The van der Waals surface area contributed by atoms with Gasteiger partial charge in [0.1, 0.15) is 5.78 Å². The average molecular weight is 271 g/mol. The summed E-state index contributed by atoms with van der Waals surface area (Å²) in [7, 11) is 0. The Balaban J connectivity index is 2.45. The van der Waals surface area contributed by atoms with E-state index in [1.54, 1.807) is 13.8 Å². The van der Waals surface area contributed by atoms with E-state index in [-0.39, 0.29) is 24.1 Å². The van der Waals surface area contributed by atoms with E-state index in [1.807, 2.05) is 0 Å². The summed E-state index contributed by atoms with van der Waals surface area (Å²) < 4.78 is 9.74. The van der Waals surface area contributed by atoms with Gasteiger partial charge in [0, 0.05) is 31.8 Å². The van der Waals surface area contributed by atoms with Crippen LogP contribution in [0.2, 0.25) is 0 Å². The van der Waals surface area contributed by atoms with Crippen molar-refractivity contribution in [2.75, 3.05) is 26.3 Å². The highest BCUT2D eigenvalue weighted by molar-refractivity contribution is 5.84. The number of Topliss-reactive ketones (excluding diaryl/α,β-unsaturated/α-hetero) is 1. The SMILES string of the molecule is CCOC(=O)CCC1CN(C(=O)OCC)CCC1=O. The first-order valence-electron chi connectivity index (χ1n) is 6.68. The minimum Gasteiger partial charge on any atom is -0.466 e. The standard InChI is InChI=1S/C13H21NO5/c1-3-18-12(16)6-5-10-9-14(8-7-11(10)15)13(17)19-4-2/h10H,3-9H2,1-2H3. The Bertz CT molecular complexity index is 342. The van der Waals surface area contributed by atoms with Crippen molar-refractivity contribution in [1.29, 1.82) is 0 Å². The lowest BCUT2D eigenvalue weighted by molar-refractivity contribution is -0.143. The van der Waals surface area contributed by atoms with Crippen LogP contribution in [0.4, 0.5) is 4.79 Å². The molecule has 1 aliphatic rings. The molecule has 1 unspecified atom stereocenters. The molecule has 0 bridgehead atoms. The molecule has 1 rings (SSSR count). The molecule has 0 aromatic heterocycles. The molecule has 108 valence electrons. The van der Waals surface area contributed by atoms with Crippen LogP contribution < -0.4 is 0 Å². The summed E-state index contributed by atoms with van der Waals surface area (Å²) in [5.41, 5.74) is 0. The Kier molecular flexibility index (Phi) is 6.32. The summed E-state index contributed by atoms with van der Waals surface area (Å²) in [6.07, 6.45) is 0.567. The maximum absolute atomic E-state index is 11.8. The number of hydrogen-bond acceptors (Lipinski definition) is 5. The van der Waals surface area contributed by atoms with E-state index < -0.39 is 6.09 Å². The van der Waals surface area contributed by atoms with Gasteiger partial charge in [-0.05, 0) is 20.3 Å². The molecule has 1 amide bonds. The minimum atomic E-state index is -0.392. The van der Waals surface area contributed by atoms with E-state index in [0.29, 0.717) is 39.1 Å². The van der Waals surface area contributed by atoms with Crippen LogP contribution in [0.3, 0.4) is 0 Å². The number of likely N-dealkylation sites (tertiary alicyclic amines) is 1. The third-order valence-corrected chi connectivity index (χ3v) is 3.05. The summed E-state index contributed by atoms with van der Waals surface area (Å²) in [5, 5.41) is 0. The predicted octanol–water partition coefficient (Wildman–Crippen LogP) is 1.38. The highest BCUT2D eigenvalue weighted by atomic mass is 16.6. The van der Waals surface area contributed by atoms with Gasteiger partial charge in [0.25, 0.3) is 0 Å². The van der Waals surface area contributed by atoms with E-state index in [2.05, 4.69) is 0 Å². The number of ketones is 1. The van der Waals surface area contributed by atoms with Gasteiger partial charge in [0.15, 0.2) is 0 Å². The molecular weight excluding hydrogens is 250 g/mol. The average Bonchev–Trinajstić information content (AvgIpc) is 2.38. The second-order valence-corrected chi connectivity index (χ2v) is 4.40. The van der Waals surface area contributed by atoms with Crippen LogP contribution >= 0.6 is 0 Å². The van der Waals surface area contributed by atoms with Gasteiger partial charge in [-0.15, -0.1) is 0 Å². The number of piperidine rings is 1. The third-order valence-electron chi connectivity index (χ3n) is 3.05. The summed E-state index contributed by atoms with van der Waals surface area (Å²) >= 11 is 0. The van der Waals surface area contributed by atoms with Gasteiger partial charge in [0.05, 0.1) is 13.2 Å². The predicted molar refractivity (Wildman–Crippen MR) is 67.6 cm³/mol. The smallest absolute Gasteiger partial charge is 0.409 e. The summed E-state index contributed by atoms with van der Waals surface area (Å²) in [4.78, 5) is 36.2. The lowest BCUT2D eigenvalue weighted by atomic mass is 9.92. The Morgan fingerprint density at radius 2 is 1.95 bits per heavy atom. The van der Waals surface area contributed by atoms with Crippen molar-refractivity contribution in [3.8, 4) is 0 Å². The molecule has 1 saturated heterocycles. The van der Waals surface area contributed by atoms with Crippen LogP contribution in [0.15, 0.2) is 0 Å². The fourth-order valence-electron chi connectivity index (χ4n) is 2.07. The fraction of sp³-hybridized carbons (Fsp3) is 0.769. The first-order chi connectivity index (χ1) is 9.08. The summed E-state index contributed by atoms with van der Waals surface area (Å²) in [6.45, 7) is 4.87. The molecule has 19 heavy (non-hydrogen) atoms. The zero-order valence-corrected chi connectivity index (χ0v) is 11.5. The van der Waals surface area contributed by atoms with Crippen LogP contribution in [-0.4, -0.2) is 49.0 Å². The van der Waals surface area contributed by atoms with E-state index in [4.69, 9.17) is 9.47 Å². The number of ether oxygens (including phenoxy) is 2. The van der Waals surface area contributed by atoms with E-state index in [9.17, 15) is 14.4 Å². The highest BCUT2D eigenvalue weighted by Crippen LogP contribution is 2.19. The van der Waals surface area contributed by atoms with Crippen LogP contribution in [0, 0.1) is 5.92 Å². The fourth-order valence-corrected chi connectivity index (χ4v) is 2.07. The second kappa shape index (κ2) is 7.76. The third kappa shape index (κ3) is 4.89. The minimum absolute atomic E-state index is 0.102.